The summed E-state index contributed by atoms with van der Waals surface area (Å²) in [7, 11) is 1.29. The molecule has 24 heavy (non-hydrogen) atoms. The van der Waals surface area contributed by atoms with Crippen LogP contribution in [-0.4, -0.2) is 37.0 Å². The molecule has 0 aliphatic heterocycles. The van der Waals surface area contributed by atoms with Crippen molar-refractivity contribution in [1.82, 2.24) is 10.6 Å². The fourth-order valence-electron chi connectivity index (χ4n) is 2.35. The summed E-state index contributed by atoms with van der Waals surface area (Å²) in [4.78, 5) is 36.0. The highest BCUT2D eigenvalue weighted by molar-refractivity contribution is 5.90. The van der Waals surface area contributed by atoms with Crippen LogP contribution in [-0.2, 0) is 25.5 Å². The number of ether oxygens (including phenoxy) is 1. The molecule has 2 amide bonds. The highest BCUT2D eigenvalue weighted by atomic mass is 16.5. The molecule has 0 aliphatic carbocycles. The number of nitrogens with one attached hydrogen (secondary N) is 2. The van der Waals surface area contributed by atoms with Crippen molar-refractivity contribution >= 4 is 17.8 Å². The van der Waals surface area contributed by atoms with Crippen molar-refractivity contribution in [2.24, 2.45) is 5.92 Å². The third-order valence-corrected chi connectivity index (χ3v) is 3.94. The van der Waals surface area contributed by atoms with Gasteiger partial charge in [0.2, 0.25) is 11.8 Å². The van der Waals surface area contributed by atoms with E-state index in [1.807, 2.05) is 44.2 Å². The largest absolute Gasteiger partial charge is 0.467 e. The molecule has 0 spiro atoms. The lowest BCUT2D eigenvalue weighted by Crippen LogP contribution is -2.54. The third kappa shape index (κ3) is 6.02. The van der Waals surface area contributed by atoms with Gasteiger partial charge in [0.25, 0.3) is 0 Å². The van der Waals surface area contributed by atoms with Crippen LogP contribution >= 0.6 is 0 Å². The predicted octanol–water partition coefficient (Wildman–Crippen LogP) is 1.44. The molecule has 0 bridgehead atoms. The van der Waals surface area contributed by atoms with Crippen LogP contribution in [0.15, 0.2) is 30.3 Å². The van der Waals surface area contributed by atoms with E-state index in [1.54, 1.807) is 0 Å². The first-order valence-corrected chi connectivity index (χ1v) is 8.08. The molecular formula is C18H26N2O4. The van der Waals surface area contributed by atoms with Gasteiger partial charge in [0.05, 0.1) is 7.11 Å². The summed E-state index contributed by atoms with van der Waals surface area (Å²) >= 11 is 0. The molecule has 0 saturated heterocycles. The molecule has 0 fully saturated rings. The number of carbonyl (C=O) groups is 3. The smallest absolute Gasteiger partial charge is 0.328 e. The first-order chi connectivity index (χ1) is 11.4. The second kappa shape index (κ2) is 9.70. The Morgan fingerprint density at radius 1 is 1.12 bits per heavy atom. The van der Waals surface area contributed by atoms with Crippen molar-refractivity contribution in [2.75, 3.05) is 7.11 Å². The number of hydrogen-bond acceptors (Lipinski definition) is 4. The molecule has 0 aliphatic rings. The Morgan fingerprint density at radius 3 is 2.25 bits per heavy atom. The molecule has 6 nitrogen and oxygen atoms in total. The van der Waals surface area contributed by atoms with Gasteiger partial charge in [-0.25, -0.2) is 4.79 Å². The molecule has 0 aromatic heterocycles. The average molecular weight is 334 g/mol. The lowest BCUT2D eigenvalue weighted by atomic mass is 9.98. The van der Waals surface area contributed by atoms with Gasteiger partial charge in [0.15, 0.2) is 0 Å². The minimum absolute atomic E-state index is 0.0731. The molecule has 0 unspecified atom stereocenters. The van der Waals surface area contributed by atoms with Crippen LogP contribution in [0, 0.1) is 5.92 Å². The molecule has 3 atom stereocenters. The van der Waals surface area contributed by atoms with Gasteiger partial charge in [-0.1, -0.05) is 50.6 Å². The van der Waals surface area contributed by atoms with E-state index in [1.165, 1.54) is 14.0 Å². The van der Waals surface area contributed by atoms with Crippen LogP contribution < -0.4 is 10.6 Å². The topological polar surface area (TPSA) is 84.5 Å². The van der Waals surface area contributed by atoms with Gasteiger partial charge in [0.1, 0.15) is 12.1 Å². The maximum atomic E-state index is 12.6. The number of esters is 1. The highest BCUT2D eigenvalue weighted by Gasteiger charge is 2.30. The predicted molar refractivity (Wildman–Crippen MR) is 91.2 cm³/mol. The van der Waals surface area contributed by atoms with E-state index in [4.69, 9.17) is 4.74 Å². The van der Waals surface area contributed by atoms with Gasteiger partial charge < -0.3 is 15.4 Å². The van der Waals surface area contributed by atoms with Gasteiger partial charge >= 0.3 is 5.97 Å². The SMILES string of the molecule is CC[C@H](C)[C@@H](NC(=O)[C@H](Cc1ccccc1)NC(C)=O)C(=O)OC. The summed E-state index contributed by atoms with van der Waals surface area (Å²) in [6.45, 7) is 5.16. The highest BCUT2D eigenvalue weighted by Crippen LogP contribution is 2.10. The van der Waals surface area contributed by atoms with Crippen molar-refractivity contribution in [1.29, 1.82) is 0 Å². The average Bonchev–Trinajstić information content (AvgIpc) is 2.58. The van der Waals surface area contributed by atoms with E-state index in [-0.39, 0.29) is 11.8 Å². The zero-order valence-electron chi connectivity index (χ0n) is 14.7. The Bertz CT molecular complexity index is 559. The van der Waals surface area contributed by atoms with Crippen LogP contribution in [0.4, 0.5) is 0 Å². The van der Waals surface area contributed by atoms with Crippen LogP contribution in [0.1, 0.15) is 32.8 Å². The molecule has 0 saturated carbocycles. The zero-order chi connectivity index (χ0) is 18.1. The second-order valence-electron chi connectivity index (χ2n) is 5.84. The molecule has 1 aromatic rings. The number of hydrogen-bond donors (Lipinski definition) is 2. The normalized spacial score (nSPS) is 14.2. The standard InChI is InChI=1S/C18H26N2O4/c1-5-12(2)16(18(23)24-4)20-17(22)15(19-13(3)21)11-14-9-7-6-8-10-14/h6-10,12,15-16H,5,11H2,1-4H3,(H,19,21)(H,20,22)/t12-,15-,16+/m0/s1. The number of benzene rings is 1. The minimum Gasteiger partial charge on any atom is -0.467 e. The molecule has 6 heteroatoms. The summed E-state index contributed by atoms with van der Waals surface area (Å²) in [5.41, 5.74) is 0.921. The molecule has 0 radical (unpaired) electrons. The molecule has 0 heterocycles. The van der Waals surface area contributed by atoms with Gasteiger partial charge in [-0.3, -0.25) is 9.59 Å². The van der Waals surface area contributed by atoms with Crippen LogP contribution in [0.2, 0.25) is 0 Å². The molecule has 1 rings (SSSR count). The van der Waals surface area contributed by atoms with Gasteiger partial charge in [0, 0.05) is 13.3 Å². The number of carbonyl (C=O) groups excluding carboxylic acids is 3. The van der Waals surface area contributed by atoms with Crippen molar-refractivity contribution < 1.29 is 19.1 Å². The number of rotatable bonds is 8. The summed E-state index contributed by atoms with van der Waals surface area (Å²) in [5, 5.41) is 5.36. The Labute approximate surface area is 143 Å². The molecule has 2 N–H and O–H groups in total. The molecular weight excluding hydrogens is 308 g/mol. The molecule has 132 valence electrons. The zero-order valence-corrected chi connectivity index (χ0v) is 14.7. The minimum atomic E-state index is -0.749. The first kappa shape index (κ1) is 19.7. The first-order valence-electron chi connectivity index (χ1n) is 8.08. The summed E-state index contributed by atoms with van der Waals surface area (Å²) in [6, 6.07) is 7.90. The van der Waals surface area contributed by atoms with E-state index in [0.717, 1.165) is 5.56 Å². The number of methoxy groups -OCH3 is 1. The maximum Gasteiger partial charge on any atom is 0.328 e. The quantitative estimate of drug-likeness (QED) is 0.705. The van der Waals surface area contributed by atoms with Crippen molar-refractivity contribution in [3.8, 4) is 0 Å². The Kier molecular flexibility index (Phi) is 7.95. The fraction of sp³-hybridized carbons (Fsp3) is 0.500. The van der Waals surface area contributed by atoms with Gasteiger partial charge in [-0.15, -0.1) is 0 Å². The third-order valence-electron chi connectivity index (χ3n) is 3.94. The summed E-state index contributed by atoms with van der Waals surface area (Å²) in [5.74, 6) is -1.26. The van der Waals surface area contributed by atoms with E-state index < -0.39 is 24.0 Å². The van der Waals surface area contributed by atoms with Crippen LogP contribution in [0.5, 0.6) is 0 Å². The lowest BCUT2D eigenvalue weighted by molar-refractivity contribution is -0.146. The molecule has 1 aromatic carbocycles. The van der Waals surface area contributed by atoms with E-state index in [0.29, 0.717) is 12.8 Å². The second-order valence-corrected chi connectivity index (χ2v) is 5.84. The van der Waals surface area contributed by atoms with Gasteiger partial charge in [-0.05, 0) is 11.5 Å². The van der Waals surface area contributed by atoms with Crippen molar-refractivity contribution in [2.45, 2.75) is 45.7 Å². The lowest BCUT2D eigenvalue weighted by Gasteiger charge is -2.25. The monoisotopic (exact) mass is 334 g/mol. The van der Waals surface area contributed by atoms with Gasteiger partial charge in [-0.2, -0.15) is 0 Å². The summed E-state index contributed by atoms with van der Waals surface area (Å²) < 4.78 is 4.77. The van der Waals surface area contributed by atoms with Crippen molar-refractivity contribution in [3.63, 3.8) is 0 Å². The Morgan fingerprint density at radius 2 is 1.75 bits per heavy atom. The van der Waals surface area contributed by atoms with E-state index in [2.05, 4.69) is 10.6 Å². The fourth-order valence-corrected chi connectivity index (χ4v) is 2.35. The maximum absolute atomic E-state index is 12.6. The number of amides is 2. The van der Waals surface area contributed by atoms with E-state index >= 15 is 0 Å². The van der Waals surface area contributed by atoms with Crippen molar-refractivity contribution in [3.05, 3.63) is 35.9 Å². The Hall–Kier alpha value is -2.37. The van der Waals surface area contributed by atoms with Crippen LogP contribution in [0.25, 0.3) is 0 Å². The summed E-state index contributed by atoms with van der Waals surface area (Å²) in [6.07, 6.45) is 1.06. The van der Waals surface area contributed by atoms with E-state index in [9.17, 15) is 14.4 Å². The van der Waals surface area contributed by atoms with Crippen LogP contribution in [0.3, 0.4) is 0 Å². The Balaban J connectivity index is 2.89.